The number of carbonyl (C=O) groups is 5. The number of aliphatic hydroxyl groups excluding tert-OH is 1. The fourth-order valence-corrected chi connectivity index (χ4v) is 13.2. The Kier molecular flexibility index (Phi) is 25.4. The molecule has 77 heavy (non-hydrogen) atoms. The molecule has 19 heteroatoms. The number of esters is 1. The van der Waals surface area contributed by atoms with Crippen molar-refractivity contribution in [2.45, 2.75) is 186 Å². The van der Waals surface area contributed by atoms with Gasteiger partial charge in [0.25, 0.3) is 11.7 Å². The Balaban J connectivity index is 1.39. The van der Waals surface area contributed by atoms with E-state index in [0.29, 0.717) is 96.1 Å². The molecule has 4 heterocycles. The van der Waals surface area contributed by atoms with E-state index in [0.717, 1.165) is 12.0 Å². The van der Waals surface area contributed by atoms with Gasteiger partial charge in [0.15, 0.2) is 5.78 Å². The van der Waals surface area contributed by atoms with Gasteiger partial charge in [0.05, 0.1) is 43.4 Å². The molecule has 1 unspecified atom stereocenters. The Morgan fingerprint density at radius 1 is 0.831 bits per heavy atom. The highest BCUT2D eigenvalue weighted by Gasteiger charge is 2.53. The number of ketones is 3. The number of hydrogen-bond acceptors (Lipinski definition) is 16. The molecule has 0 aromatic rings. The quantitative estimate of drug-likeness (QED) is 0.0951. The second kappa shape index (κ2) is 30.4. The lowest BCUT2D eigenvalue weighted by Crippen LogP contribution is -2.61. The van der Waals surface area contributed by atoms with Gasteiger partial charge in [0.2, 0.25) is 15.8 Å². The average molecular weight is 1110 g/mol. The van der Waals surface area contributed by atoms with Crippen molar-refractivity contribution in [1.82, 2.24) is 9.21 Å². The SMILES string of the molecule is CO[C@H]1C[C@@H]2CC[C@@H](C)C(O)(O2)C(=O)C(=O)N2CCCC[C@H]2C(=O)O[C@H]([C@H](C)C[C@@H]2CC[C@@H](OCCCS(=O)(=O)N3CCOCC3)[C@H](OC)C2)CC(=O)[C@H](C)/C=C(\C)[C@@H](O)[C@@H](OC)C(=O)[C@H](C)C[C@H](C)/C=C/C=C/C=C/1C. The summed E-state index contributed by atoms with van der Waals surface area (Å²) >= 11 is 0. The molecule has 0 radical (unpaired) electrons. The van der Waals surface area contributed by atoms with E-state index >= 15 is 0 Å². The van der Waals surface area contributed by atoms with Crippen molar-refractivity contribution in [2.75, 3.05) is 66.5 Å². The van der Waals surface area contributed by atoms with Crippen molar-refractivity contribution in [3.05, 3.63) is 47.6 Å². The van der Waals surface area contributed by atoms with Gasteiger partial charge >= 0.3 is 5.97 Å². The smallest absolute Gasteiger partial charge is 0.329 e. The maximum atomic E-state index is 14.6. The van der Waals surface area contributed by atoms with Gasteiger partial charge in [0, 0.05) is 78.2 Å². The van der Waals surface area contributed by atoms with Gasteiger partial charge in [-0.15, -0.1) is 0 Å². The van der Waals surface area contributed by atoms with Crippen LogP contribution in [0.1, 0.15) is 132 Å². The predicted octanol–water partition coefficient (Wildman–Crippen LogP) is 6.26. The van der Waals surface area contributed by atoms with Crippen LogP contribution in [-0.4, -0.2) is 178 Å². The van der Waals surface area contributed by atoms with E-state index in [1.807, 2.05) is 58.1 Å². The van der Waals surface area contributed by atoms with Gasteiger partial charge in [0.1, 0.15) is 30.1 Å². The Hall–Kier alpha value is -3.50. The van der Waals surface area contributed by atoms with Gasteiger partial charge in [-0.05, 0) is 113 Å². The lowest BCUT2D eigenvalue weighted by atomic mass is 9.78. The fourth-order valence-electron chi connectivity index (χ4n) is 11.7. The minimum absolute atomic E-state index is 0.00105. The summed E-state index contributed by atoms with van der Waals surface area (Å²) in [5.41, 5.74) is 1.24. The van der Waals surface area contributed by atoms with Crippen LogP contribution in [-0.2, 0) is 67.2 Å². The van der Waals surface area contributed by atoms with Crippen LogP contribution in [0.2, 0.25) is 0 Å². The number of allylic oxidation sites excluding steroid dienone is 6. The molecular formula is C58H92N2O16S. The van der Waals surface area contributed by atoms with Gasteiger partial charge in [-0.3, -0.25) is 19.2 Å². The van der Waals surface area contributed by atoms with Crippen molar-refractivity contribution in [3.63, 3.8) is 0 Å². The first-order chi connectivity index (χ1) is 36.5. The maximum Gasteiger partial charge on any atom is 0.329 e. The molecule has 5 rings (SSSR count). The Morgan fingerprint density at radius 3 is 2.25 bits per heavy atom. The van der Waals surface area contributed by atoms with Gasteiger partial charge < -0.3 is 48.3 Å². The monoisotopic (exact) mass is 1100 g/mol. The van der Waals surface area contributed by atoms with E-state index in [9.17, 15) is 42.6 Å². The Morgan fingerprint density at radius 2 is 1.56 bits per heavy atom. The zero-order valence-electron chi connectivity index (χ0n) is 47.6. The summed E-state index contributed by atoms with van der Waals surface area (Å²) in [6, 6.07) is -1.18. The molecule has 1 saturated carbocycles. The Bertz CT molecular complexity index is 2210. The van der Waals surface area contributed by atoms with Crippen molar-refractivity contribution in [2.24, 2.45) is 35.5 Å². The van der Waals surface area contributed by atoms with Crippen molar-refractivity contribution >= 4 is 39.2 Å². The summed E-state index contributed by atoms with van der Waals surface area (Å²) in [4.78, 5) is 72.7. The molecule has 2 bridgehead atoms. The number of carbonyl (C=O) groups excluding carboxylic acids is 5. The molecule has 4 aliphatic heterocycles. The largest absolute Gasteiger partial charge is 0.460 e. The van der Waals surface area contributed by atoms with Crippen molar-refractivity contribution in [3.8, 4) is 0 Å². The number of cyclic esters (lactones) is 1. The molecule has 436 valence electrons. The van der Waals surface area contributed by atoms with Crippen LogP contribution in [0.5, 0.6) is 0 Å². The minimum atomic E-state index is -3.43. The molecule has 0 aromatic carbocycles. The number of Topliss-reactive ketones (excluding diaryl/α,β-unsaturated/α-hetero) is 3. The second-order valence-corrected chi connectivity index (χ2v) is 24.7. The average Bonchev–Trinajstić information content (AvgIpc) is 3.41. The first-order valence-corrected chi connectivity index (χ1v) is 29.8. The van der Waals surface area contributed by atoms with E-state index in [1.54, 1.807) is 41.1 Å². The second-order valence-electron chi connectivity index (χ2n) is 22.6. The summed E-state index contributed by atoms with van der Waals surface area (Å²) in [5, 5.41) is 23.6. The first-order valence-electron chi connectivity index (χ1n) is 28.2. The van der Waals surface area contributed by atoms with E-state index in [2.05, 4.69) is 0 Å². The molecule has 2 N–H and O–H groups in total. The highest BCUT2D eigenvalue weighted by atomic mass is 32.2. The lowest BCUT2D eigenvalue weighted by molar-refractivity contribution is -0.265. The third-order valence-corrected chi connectivity index (χ3v) is 18.7. The number of morpholine rings is 1. The van der Waals surface area contributed by atoms with E-state index in [1.165, 1.54) is 16.3 Å². The number of rotatable bonds is 12. The number of piperidine rings is 1. The van der Waals surface area contributed by atoms with E-state index < -0.39 is 87.8 Å². The standard InChI is InChI=1S/C58H92N2O16S/c1-37-17-12-11-13-18-38(2)49(70-8)35-45-22-20-43(7)58(67,76-45)55(64)56(65)60-24-15-14-19-46(60)57(66)75-50(36-47(61)39(3)32-42(6)53(63)54(72-10)52(62)41(5)31-37)40(4)33-44-21-23-48(51(34-44)71-9)74-27-16-30-77(68,69)59-25-28-73-29-26-59/h11-13,17-18,32,37,39-41,43-46,48-51,53-54,63,67H,14-16,19-31,33-36H2,1-10H3/b13-11+,17-12+,38-18+,42-32+/t37-,39-,40-,41-,43-,44+,45+,46+,48-,49+,50+,51-,53-,54+,58?/m1/s1. The van der Waals surface area contributed by atoms with Crippen LogP contribution in [0.4, 0.5) is 0 Å². The number of methoxy groups -OCH3 is 3. The number of ether oxygens (including phenoxy) is 7. The Labute approximate surface area is 458 Å². The summed E-state index contributed by atoms with van der Waals surface area (Å²) in [7, 11) is 1.14. The van der Waals surface area contributed by atoms with Crippen molar-refractivity contribution < 1.29 is 75.8 Å². The van der Waals surface area contributed by atoms with Gasteiger partial charge in [-0.1, -0.05) is 71.1 Å². The topological polar surface area (TPSA) is 231 Å². The summed E-state index contributed by atoms with van der Waals surface area (Å²) in [5.74, 6) is -8.29. The van der Waals surface area contributed by atoms with Crippen LogP contribution in [0, 0.1) is 35.5 Å². The molecular weight excluding hydrogens is 1010 g/mol. The van der Waals surface area contributed by atoms with Gasteiger partial charge in [-0.2, -0.15) is 4.31 Å². The summed E-state index contributed by atoms with van der Waals surface area (Å²) in [6.07, 6.45) is 11.7. The predicted molar refractivity (Wildman–Crippen MR) is 290 cm³/mol. The number of sulfonamides is 1. The molecule has 0 aromatic heterocycles. The lowest BCUT2D eigenvalue weighted by Gasteiger charge is -2.42. The minimum Gasteiger partial charge on any atom is -0.460 e. The molecule has 1 amide bonds. The van der Waals surface area contributed by atoms with Crippen LogP contribution in [0.3, 0.4) is 0 Å². The number of hydrogen-bond donors (Lipinski definition) is 2. The number of aliphatic hydroxyl groups is 2. The molecule has 0 spiro atoms. The number of amides is 1. The summed E-state index contributed by atoms with van der Waals surface area (Å²) in [6.45, 7) is 14.4. The zero-order chi connectivity index (χ0) is 56.6. The van der Waals surface area contributed by atoms with E-state index in [4.69, 9.17) is 33.2 Å². The zero-order valence-corrected chi connectivity index (χ0v) is 48.4. The number of fused-ring (bicyclic) bond motifs is 3. The normalized spacial score (nSPS) is 37.6. The van der Waals surface area contributed by atoms with Crippen LogP contribution in [0.15, 0.2) is 47.6 Å². The molecule has 5 aliphatic rings. The summed E-state index contributed by atoms with van der Waals surface area (Å²) < 4.78 is 68.7. The third-order valence-electron chi connectivity index (χ3n) is 16.7. The first kappa shape index (κ1) is 64.3. The van der Waals surface area contributed by atoms with Crippen LogP contribution in [0.25, 0.3) is 0 Å². The van der Waals surface area contributed by atoms with Crippen LogP contribution >= 0.6 is 0 Å². The third kappa shape index (κ3) is 17.7. The van der Waals surface area contributed by atoms with E-state index in [-0.39, 0.29) is 73.3 Å². The fraction of sp³-hybridized carbons (Fsp3) is 0.776. The van der Waals surface area contributed by atoms with Crippen LogP contribution < -0.4 is 0 Å². The van der Waals surface area contributed by atoms with Crippen molar-refractivity contribution in [1.29, 1.82) is 0 Å². The highest BCUT2D eigenvalue weighted by molar-refractivity contribution is 7.89. The highest BCUT2D eigenvalue weighted by Crippen LogP contribution is 2.38. The molecule has 15 atom stereocenters. The molecule has 3 saturated heterocycles. The molecule has 4 fully saturated rings. The molecule has 18 nitrogen and oxygen atoms in total. The molecule has 1 aliphatic carbocycles. The maximum absolute atomic E-state index is 14.6. The number of nitrogens with zero attached hydrogens (tertiary/aromatic N) is 2. The van der Waals surface area contributed by atoms with Gasteiger partial charge in [-0.25, -0.2) is 13.2 Å².